The number of carbonyl (C=O) groups excluding carboxylic acids is 2. The Hall–Kier alpha value is -1.32. The zero-order valence-corrected chi connectivity index (χ0v) is 19.9. The van der Waals surface area contributed by atoms with E-state index in [1.54, 1.807) is 0 Å². The fraction of sp³-hybridized carbons (Fsp3) is 0.846. The molecule has 0 unspecified atom stereocenters. The van der Waals surface area contributed by atoms with Crippen LogP contribution in [0.2, 0.25) is 0 Å². The number of ether oxygens (including phenoxy) is 2. The van der Waals surface area contributed by atoms with Gasteiger partial charge in [-0.2, -0.15) is 0 Å². The molecule has 0 aromatic rings. The summed E-state index contributed by atoms with van der Waals surface area (Å²) < 4.78 is 10.2. The molecule has 0 saturated heterocycles. The summed E-state index contributed by atoms with van der Waals surface area (Å²) in [6.45, 7) is 5.16. The summed E-state index contributed by atoms with van der Waals surface area (Å²) in [6.07, 6.45) is 24.4. The lowest BCUT2D eigenvalue weighted by Gasteiger charge is -2.03. The fourth-order valence-corrected chi connectivity index (χ4v) is 3.29. The van der Waals surface area contributed by atoms with Gasteiger partial charge in [-0.1, -0.05) is 77.4 Å². The summed E-state index contributed by atoms with van der Waals surface area (Å²) in [6, 6.07) is 0. The first-order chi connectivity index (χ1) is 14.7. The van der Waals surface area contributed by atoms with Gasteiger partial charge < -0.3 is 9.47 Å². The average molecular weight is 425 g/mol. The normalized spacial score (nSPS) is 11.1. The van der Waals surface area contributed by atoms with E-state index in [-0.39, 0.29) is 11.9 Å². The van der Waals surface area contributed by atoms with Crippen LogP contribution in [0.3, 0.4) is 0 Å². The van der Waals surface area contributed by atoms with Crippen LogP contribution in [0.5, 0.6) is 0 Å². The van der Waals surface area contributed by atoms with Gasteiger partial charge in [-0.15, -0.1) is 0 Å². The second kappa shape index (κ2) is 24.0. The van der Waals surface area contributed by atoms with Gasteiger partial charge in [0.2, 0.25) is 0 Å². The van der Waals surface area contributed by atoms with Crippen molar-refractivity contribution in [3.63, 3.8) is 0 Å². The van der Waals surface area contributed by atoms with Crippen LogP contribution >= 0.6 is 0 Å². The van der Waals surface area contributed by atoms with Crippen LogP contribution in [0.4, 0.5) is 0 Å². The van der Waals surface area contributed by atoms with Gasteiger partial charge >= 0.3 is 11.9 Å². The lowest BCUT2D eigenvalue weighted by atomic mass is 10.1. The van der Waals surface area contributed by atoms with Crippen molar-refractivity contribution in [3.8, 4) is 0 Å². The molecule has 4 nitrogen and oxygen atoms in total. The quantitative estimate of drug-likeness (QED) is 0.101. The summed E-state index contributed by atoms with van der Waals surface area (Å²) in [7, 11) is 0. The SMILES string of the molecule is CCCOC(=O)CCCCCCCC/C=C/CCCCCCCCC(=O)OCCC. The minimum Gasteiger partial charge on any atom is -0.466 e. The molecule has 0 bridgehead atoms. The highest BCUT2D eigenvalue weighted by Crippen LogP contribution is 2.11. The van der Waals surface area contributed by atoms with E-state index in [9.17, 15) is 9.59 Å². The molecule has 0 amide bonds. The zero-order chi connectivity index (χ0) is 22.1. The third kappa shape index (κ3) is 23.0. The minimum atomic E-state index is -0.0358. The molecule has 0 atom stereocenters. The van der Waals surface area contributed by atoms with Crippen molar-refractivity contribution in [1.82, 2.24) is 0 Å². The number of esters is 2. The van der Waals surface area contributed by atoms with E-state index in [4.69, 9.17) is 9.47 Å². The number of hydrogen-bond acceptors (Lipinski definition) is 4. The van der Waals surface area contributed by atoms with Gasteiger partial charge in [0.05, 0.1) is 13.2 Å². The molecule has 0 saturated carbocycles. The highest BCUT2D eigenvalue weighted by atomic mass is 16.5. The smallest absolute Gasteiger partial charge is 0.305 e. The molecule has 30 heavy (non-hydrogen) atoms. The van der Waals surface area contributed by atoms with E-state index in [1.165, 1.54) is 64.2 Å². The van der Waals surface area contributed by atoms with Crippen molar-refractivity contribution in [1.29, 1.82) is 0 Å². The number of rotatable bonds is 22. The van der Waals surface area contributed by atoms with Crippen molar-refractivity contribution >= 4 is 11.9 Å². The molecule has 0 rings (SSSR count). The molecule has 0 aliphatic carbocycles. The summed E-state index contributed by atoms with van der Waals surface area (Å²) in [4.78, 5) is 22.7. The maximum absolute atomic E-state index is 11.4. The molecule has 0 radical (unpaired) electrons. The van der Waals surface area contributed by atoms with Gasteiger partial charge in [-0.05, 0) is 51.4 Å². The standard InChI is InChI=1S/C26H48O4/c1-3-23-29-25(27)21-19-17-15-13-11-9-7-5-6-8-10-12-14-16-18-20-22-26(28)30-24-4-2/h5-6H,3-4,7-24H2,1-2H3/b6-5+. The van der Waals surface area contributed by atoms with Crippen LogP contribution in [0.1, 0.15) is 129 Å². The van der Waals surface area contributed by atoms with Crippen molar-refractivity contribution in [3.05, 3.63) is 12.2 Å². The van der Waals surface area contributed by atoms with E-state index in [1.807, 2.05) is 13.8 Å². The highest BCUT2D eigenvalue weighted by molar-refractivity contribution is 5.69. The first-order valence-electron chi connectivity index (χ1n) is 12.7. The maximum atomic E-state index is 11.4. The molecule has 0 aromatic heterocycles. The summed E-state index contributed by atoms with van der Waals surface area (Å²) >= 11 is 0. The Morgan fingerprint density at radius 1 is 0.533 bits per heavy atom. The van der Waals surface area contributed by atoms with Gasteiger partial charge in [-0.25, -0.2) is 0 Å². The van der Waals surface area contributed by atoms with Gasteiger partial charge in [0, 0.05) is 12.8 Å². The number of carbonyl (C=O) groups is 2. The third-order valence-corrected chi connectivity index (χ3v) is 5.10. The van der Waals surface area contributed by atoms with Crippen LogP contribution in [0.15, 0.2) is 12.2 Å². The lowest BCUT2D eigenvalue weighted by Crippen LogP contribution is -2.04. The average Bonchev–Trinajstić information content (AvgIpc) is 2.75. The molecule has 0 aromatic carbocycles. The van der Waals surface area contributed by atoms with Crippen molar-refractivity contribution < 1.29 is 19.1 Å². The Kier molecular flexibility index (Phi) is 22.9. The Morgan fingerprint density at radius 2 is 0.867 bits per heavy atom. The second-order valence-electron chi connectivity index (χ2n) is 8.23. The molecule has 0 spiro atoms. The fourth-order valence-electron chi connectivity index (χ4n) is 3.29. The monoisotopic (exact) mass is 424 g/mol. The topological polar surface area (TPSA) is 52.6 Å². The maximum Gasteiger partial charge on any atom is 0.305 e. The van der Waals surface area contributed by atoms with Gasteiger partial charge in [0.15, 0.2) is 0 Å². The van der Waals surface area contributed by atoms with Crippen LogP contribution in [-0.4, -0.2) is 25.2 Å². The van der Waals surface area contributed by atoms with Gasteiger partial charge in [-0.3, -0.25) is 9.59 Å². The molecular formula is C26H48O4. The minimum absolute atomic E-state index is 0.0358. The molecule has 4 heteroatoms. The summed E-state index contributed by atoms with van der Waals surface area (Å²) in [5.74, 6) is -0.0715. The first-order valence-corrected chi connectivity index (χ1v) is 12.7. The van der Waals surface area contributed by atoms with E-state index in [2.05, 4.69) is 12.2 Å². The predicted octanol–water partition coefficient (Wildman–Crippen LogP) is 7.69. The summed E-state index contributed by atoms with van der Waals surface area (Å²) in [5, 5.41) is 0. The first kappa shape index (κ1) is 28.7. The molecule has 176 valence electrons. The van der Waals surface area contributed by atoms with E-state index < -0.39 is 0 Å². The Bertz CT molecular complexity index is 379. The van der Waals surface area contributed by atoms with Crippen LogP contribution in [0, 0.1) is 0 Å². The largest absolute Gasteiger partial charge is 0.466 e. The number of allylic oxidation sites excluding steroid dienone is 2. The van der Waals surface area contributed by atoms with E-state index >= 15 is 0 Å². The second-order valence-corrected chi connectivity index (χ2v) is 8.23. The Labute approximate surface area is 186 Å². The van der Waals surface area contributed by atoms with E-state index in [0.29, 0.717) is 26.1 Å². The van der Waals surface area contributed by atoms with Crippen LogP contribution in [-0.2, 0) is 19.1 Å². The highest BCUT2D eigenvalue weighted by Gasteiger charge is 2.02. The summed E-state index contributed by atoms with van der Waals surface area (Å²) in [5.41, 5.74) is 0. The van der Waals surface area contributed by atoms with E-state index in [0.717, 1.165) is 38.5 Å². The van der Waals surface area contributed by atoms with Crippen molar-refractivity contribution in [2.75, 3.05) is 13.2 Å². The molecule has 0 N–H and O–H groups in total. The Balaban J connectivity index is 3.20. The van der Waals surface area contributed by atoms with Gasteiger partial charge in [0.25, 0.3) is 0 Å². The zero-order valence-electron chi connectivity index (χ0n) is 19.9. The molecule has 0 heterocycles. The molecule has 0 fully saturated rings. The van der Waals surface area contributed by atoms with Crippen LogP contribution < -0.4 is 0 Å². The number of unbranched alkanes of at least 4 members (excludes halogenated alkanes) is 12. The third-order valence-electron chi connectivity index (χ3n) is 5.10. The molecular weight excluding hydrogens is 376 g/mol. The van der Waals surface area contributed by atoms with Crippen LogP contribution in [0.25, 0.3) is 0 Å². The van der Waals surface area contributed by atoms with Crippen molar-refractivity contribution in [2.24, 2.45) is 0 Å². The predicted molar refractivity (Wildman–Crippen MR) is 126 cm³/mol. The molecule has 0 aliphatic rings. The van der Waals surface area contributed by atoms with Crippen molar-refractivity contribution in [2.45, 2.75) is 129 Å². The Morgan fingerprint density at radius 3 is 1.23 bits per heavy atom. The number of hydrogen-bond donors (Lipinski definition) is 0. The van der Waals surface area contributed by atoms with Gasteiger partial charge in [0.1, 0.15) is 0 Å². The molecule has 0 aliphatic heterocycles. The lowest BCUT2D eigenvalue weighted by molar-refractivity contribution is -0.144.